The number of nitrogens with one attached hydrogen (secondary N) is 1. The number of aliphatic hydroxyl groups is 1. The quantitative estimate of drug-likeness (QED) is 0.687. The van der Waals surface area contributed by atoms with Gasteiger partial charge in [-0.05, 0) is 25.7 Å². The lowest BCUT2D eigenvalue weighted by molar-refractivity contribution is 0.245. The van der Waals surface area contributed by atoms with Gasteiger partial charge < -0.3 is 10.4 Å². The van der Waals surface area contributed by atoms with Gasteiger partial charge in [-0.1, -0.05) is 26.2 Å². The van der Waals surface area contributed by atoms with E-state index in [0.29, 0.717) is 12.6 Å². The fourth-order valence-corrected chi connectivity index (χ4v) is 2.16. The van der Waals surface area contributed by atoms with Crippen LogP contribution in [0.4, 0.5) is 0 Å². The summed E-state index contributed by atoms with van der Waals surface area (Å²) in [6, 6.07) is 1.26. The molecule has 1 fully saturated rings. The van der Waals surface area contributed by atoms with Gasteiger partial charge in [0, 0.05) is 18.7 Å². The molecule has 2 N–H and O–H groups in total. The summed E-state index contributed by atoms with van der Waals surface area (Å²) in [6.07, 6.45) is 8.89. The Morgan fingerprint density at radius 2 is 2.00 bits per heavy atom. The molecule has 0 spiro atoms. The van der Waals surface area contributed by atoms with E-state index >= 15 is 0 Å². The third kappa shape index (κ3) is 4.10. The Hall–Kier alpha value is -0.0800. The largest absolute Gasteiger partial charge is 0.396 e. The van der Waals surface area contributed by atoms with Crippen molar-refractivity contribution in [2.75, 3.05) is 6.61 Å². The summed E-state index contributed by atoms with van der Waals surface area (Å²) in [5.41, 5.74) is 0. The van der Waals surface area contributed by atoms with Crippen molar-refractivity contribution in [3.8, 4) is 0 Å². The number of rotatable bonds is 5. The maximum atomic E-state index is 8.86. The zero-order valence-corrected chi connectivity index (χ0v) is 8.76. The van der Waals surface area contributed by atoms with Crippen molar-refractivity contribution in [1.82, 2.24) is 5.32 Å². The Balaban J connectivity index is 2.18. The second-order valence-electron chi connectivity index (χ2n) is 4.12. The zero-order chi connectivity index (χ0) is 9.52. The van der Waals surface area contributed by atoms with Crippen LogP contribution in [0, 0.1) is 0 Å². The Bertz CT molecular complexity index is 119. The molecule has 0 radical (unpaired) electrons. The van der Waals surface area contributed by atoms with Gasteiger partial charge in [0.2, 0.25) is 0 Å². The average Bonchev–Trinajstić information content (AvgIpc) is 2.19. The minimum atomic E-state index is 0.318. The van der Waals surface area contributed by atoms with Crippen LogP contribution in [0.2, 0.25) is 0 Å². The molecular formula is C11H23NO. The summed E-state index contributed by atoms with van der Waals surface area (Å²) in [5, 5.41) is 12.5. The zero-order valence-electron chi connectivity index (χ0n) is 8.76. The molecule has 78 valence electrons. The van der Waals surface area contributed by atoms with Gasteiger partial charge in [0.25, 0.3) is 0 Å². The van der Waals surface area contributed by atoms with Gasteiger partial charge in [0.1, 0.15) is 0 Å². The second-order valence-corrected chi connectivity index (χ2v) is 4.12. The van der Waals surface area contributed by atoms with Crippen LogP contribution in [0.1, 0.15) is 51.9 Å². The van der Waals surface area contributed by atoms with Crippen LogP contribution in [-0.2, 0) is 0 Å². The Labute approximate surface area is 81.7 Å². The second kappa shape index (κ2) is 6.39. The highest BCUT2D eigenvalue weighted by atomic mass is 16.3. The molecule has 1 saturated carbocycles. The molecule has 0 aromatic rings. The molecule has 2 nitrogen and oxygen atoms in total. The number of hydrogen-bond donors (Lipinski definition) is 2. The predicted octanol–water partition coefficient (Wildman–Crippen LogP) is 2.07. The van der Waals surface area contributed by atoms with Crippen LogP contribution < -0.4 is 5.32 Å². The van der Waals surface area contributed by atoms with Crippen LogP contribution in [0.15, 0.2) is 0 Å². The van der Waals surface area contributed by atoms with Crippen LogP contribution in [0.3, 0.4) is 0 Å². The summed E-state index contributed by atoms with van der Waals surface area (Å²) in [5.74, 6) is 0. The molecule has 0 aromatic heterocycles. The van der Waals surface area contributed by atoms with Crippen LogP contribution in [-0.4, -0.2) is 23.8 Å². The van der Waals surface area contributed by atoms with Crippen LogP contribution >= 0.6 is 0 Å². The summed E-state index contributed by atoms with van der Waals surface area (Å²) < 4.78 is 0. The van der Waals surface area contributed by atoms with E-state index in [1.807, 2.05) is 0 Å². The SMILES string of the molecule is CCC(CCO)NC1CCCCC1. The molecule has 0 amide bonds. The van der Waals surface area contributed by atoms with Crippen molar-refractivity contribution in [2.24, 2.45) is 0 Å². The third-order valence-corrected chi connectivity index (χ3v) is 3.05. The van der Waals surface area contributed by atoms with Gasteiger partial charge in [-0.25, -0.2) is 0 Å². The molecule has 0 aromatic carbocycles. The first-order valence-electron chi connectivity index (χ1n) is 5.73. The van der Waals surface area contributed by atoms with E-state index in [0.717, 1.165) is 18.9 Å². The van der Waals surface area contributed by atoms with Crippen molar-refractivity contribution >= 4 is 0 Å². The predicted molar refractivity (Wildman–Crippen MR) is 55.8 cm³/mol. The molecule has 0 bridgehead atoms. The average molecular weight is 185 g/mol. The maximum absolute atomic E-state index is 8.86. The monoisotopic (exact) mass is 185 g/mol. The third-order valence-electron chi connectivity index (χ3n) is 3.05. The van der Waals surface area contributed by atoms with E-state index in [9.17, 15) is 0 Å². The summed E-state index contributed by atoms with van der Waals surface area (Å²) in [4.78, 5) is 0. The van der Waals surface area contributed by atoms with Gasteiger partial charge in [-0.15, -0.1) is 0 Å². The Morgan fingerprint density at radius 1 is 1.31 bits per heavy atom. The van der Waals surface area contributed by atoms with Gasteiger partial charge in [0.15, 0.2) is 0 Å². The molecule has 1 atom stereocenters. The first kappa shape index (κ1) is 11.0. The number of hydrogen-bond acceptors (Lipinski definition) is 2. The van der Waals surface area contributed by atoms with Crippen molar-refractivity contribution in [1.29, 1.82) is 0 Å². The fraction of sp³-hybridized carbons (Fsp3) is 1.00. The molecule has 1 aliphatic rings. The van der Waals surface area contributed by atoms with E-state index in [-0.39, 0.29) is 0 Å². The summed E-state index contributed by atoms with van der Waals surface area (Å²) in [7, 11) is 0. The lowest BCUT2D eigenvalue weighted by Gasteiger charge is -2.27. The standard InChI is InChI=1S/C11H23NO/c1-2-10(8-9-13)12-11-6-4-3-5-7-11/h10-13H,2-9H2,1H3. The van der Waals surface area contributed by atoms with E-state index < -0.39 is 0 Å². The Morgan fingerprint density at radius 3 is 2.54 bits per heavy atom. The first-order chi connectivity index (χ1) is 6.36. The molecule has 1 unspecified atom stereocenters. The molecule has 2 heteroatoms. The molecule has 1 rings (SSSR count). The fourth-order valence-electron chi connectivity index (χ4n) is 2.16. The van der Waals surface area contributed by atoms with Crippen molar-refractivity contribution in [3.63, 3.8) is 0 Å². The van der Waals surface area contributed by atoms with E-state index in [1.165, 1.54) is 32.1 Å². The molecule has 0 heterocycles. The maximum Gasteiger partial charge on any atom is 0.0445 e. The van der Waals surface area contributed by atoms with Crippen molar-refractivity contribution in [3.05, 3.63) is 0 Å². The molecule has 1 aliphatic carbocycles. The molecule has 0 aliphatic heterocycles. The van der Waals surface area contributed by atoms with Gasteiger partial charge in [-0.3, -0.25) is 0 Å². The van der Waals surface area contributed by atoms with E-state index in [1.54, 1.807) is 0 Å². The first-order valence-corrected chi connectivity index (χ1v) is 5.73. The normalized spacial score (nSPS) is 21.7. The van der Waals surface area contributed by atoms with E-state index in [2.05, 4.69) is 12.2 Å². The molecular weight excluding hydrogens is 162 g/mol. The topological polar surface area (TPSA) is 32.3 Å². The van der Waals surface area contributed by atoms with E-state index in [4.69, 9.17) is 5.11 Å². The van der Waals surface area contributed by atoms with Crippen LogP contribution in [0.5, 0.6) is 0 Å². The number of aliphatic hydroxyl groups excluding tert-OH is 1. The molecule has 13 heavy (non-hydrogen) atoms. The lowest BCUT2D eigenvalue weighted by atomic mass is 9.94. The minimum absolute atomic E-state index is 0.318. The van der Waals surface area contributed by atoms with Crippen molar-refractivity contribution < 1.29 is 5.11 Å². The van der Waals surface area contributed by atoms with Gasteiger partial charge in [-0.2, -0.15) is 0 Å². The minimum Gasteiger partial charge on any atom is -0.396 e. The highest BCUT2D eigenvalue weighted by molar-refractivity contribution is 4.76. The lowest BCUT2D eigenvalue weighted by Crippen LogP contribution is -2.39. The summed E-state index contributed by atoms with van der Waals surface area (Å²) in [6.45, 7) is 2.51. The highest BCUT2D eigenvalue weighted by Gasteiger charge is 2.16. The smallest absolute Gasteiger partial charge is 0.0445 e. The highest BCUT2D eigenvalue weighted by Crippen LogP contribution is 2.18. The van der Waals surface area contributed by atoms with Gasteiger partial charge >= 0.3 is 0 Å². The molecule has 0 saturated heterocycles. The Kier molecular flexibility index (Phi) is 5.40. The van der Waals surface area contributed by atoms with Crippen LogP contribution in [0.25, 0.3) is 0 Å². The van der Waals surface area contributed by atoms with Gasteiger partial charge in [0.05, 0.1) is 0 Å². The summed E-state index contributed by atoms with van der Waals surface area (Å²) >= 11 is 0. The van der Waals surface area contributed by atoms with Crippen molar-refractivity contribution in [2.45, 2.75) is 64.0 Å².